The van der Waals surface area contributed by atoms with Crippen molar-refractivity contribution >= 4 is 0 Å². The van der Waals surface area contributed by atoms with Crippen molar-refractivity contribution in [3.05, 3.63) is 30.4 Å². The molecular formula is C14H21NO3. The molecule has 0 saturated carbocycles. The first-order valence-electron chi connectivity index (χ1n) is 5.95. The number of benzene rings is 1. The van der Waals surface area contributed by atoms with Crippen LogP contribution in [0.4, 0.5) is 0 Å². The van der Waals surface area contributed by atoms with E-state index in [1.807, 2.05) is 18.2 Å². The molecule has 1 aromatic carbocycles. The Morgan fingerprint density at radius 2 is 1.83 bits per heavy atom. The fourth-order valence-electron chi connectivity index (χ4n) is 1.63. The van der Waals surface area contributed by atoms with E-state index in [9.17, 15) is 0 Å². The molecule has 4 heteroatoms. The summed E-state index contributed by atoms with van der Waals surface area (Å²) in [5.41, 5.74) is 6.63. The summed E-state index contributed by atoms with van der Waals surface area (Å²) in [4.78, 5) is 0. The third-order valence-corrected chi connectivity index (χ3v) is 2.52. The summed E-state index contributed by atoms with van der Waals surface area (Å²) >= 11 is 0. The Morgan fingerprint density at radius 1 is 1.22 bits per heavy atom. The molecule has 0 aliphatic carbocycles. The van der Waals surface area contributed by atoms with Crippen LogP contribution < -0.4 is 19.9 Å². The van der Waals surface area contributed by atoms with Crippen LogP contribution >= 0.6 is 0 Å². The minimum atomic E-state index is 0.548. The SMILES string of the molecule is C=CCCOc1c(OC)cc(CCN)cc1OC. The van der Waals surface area contributed by atoms with Crippen LogP contribution in [0.25, 0.3) is 0 Å². The van der Waals surface area contributed by atoms with Crippen LogP contribution in [0, 0.1) is 0 Å². The van der Waals surface area contributed by atoms with Crippen LogP contribution in [-0.4, -0.2) is 27.4 Å². The van der Waals surface area contributed by atoms with E-state index in [0.717, 1.165) is 18.4 Å². The molecule has 0 bridgehead atoms. The minimum Gasteiger partial charge on any atom is -0.493 e. The predicted octanol–water partition coefficient (Wildman–Crippen LogP) is 2.16. The van der Waals surface area contributed by atoms with E-state index in [-0.39, 0.29) is 0 Å². The Morgan fingerprint density at radius 3 is 2.28 bits per heavy atom. The molecule has 0 radical (unpaired) electrons. The van der Waals surface area contributed by atoms with Crippen LogP contribution in [-0.2, 0) is 6.42 Å². The van der Waals surface area contributed by atoms with Crippen molar-refractivity contribution in [1.82, 2.24) is 0 Å². The molecule has 1 aromatic rings. The van der Waals surface area contributed by atoms with Gasteiger partial charge in [-0.05, 0) is 37.1 Å². The fourth-order valence-corrected chi connectivity index (χ4v) is 1.63. The molecule has 0 fully saturated rings. The monoisotopic (exact) mass is 251 g/mol. The lowest BCUT2D eigenvalue weighted by molar-refractivity contribution is 0.279. The van der Waals surface area contributed by atoms with Gasteiger partial charge >= 0.3 is 0 Å². The van der Waals surface area contributed by atoms with E-state index >= 15 is 0 Å². The van der Waals surface area contributed by atoms with E-state index in [0.29, 0.717) is 30.4 Å². The fraction of sp³-hybridized carbons (Fsp3) is 0.429. The number of methoxy groups -OCH3 is 2. The number of hydrogen-bond acceptors (Lipinski definition) is 4. The third kappa shape index (κ3) is 3.67. The first kappa shape index (κ1) is 14.4. The highest BCUT2D eigenvalue weighted by Crippen LogP contribution is 2.38. The predicted molar refractivity (Wildman–Crippen MR) is 72.6 cm³/mol. The van der Waals surface area contributed by atoms with Gasteiger partial charge in [0.25, 0.3) is 0 Å². The second-order valence-corrected chi connectivity index (χ2v) is 3.79. The van der Waals surface area contributed by atoms with E-state index in [1.165, 1.54) is 0 Å². The maximum atomic E-state index is 5.67. The Hall–Kier alpha value is -1.68. The molecule has 0 amide bonds. The van der Waals surface area contributed by atoms with Gasteiger partial charge in [-0.15, -0.1) is 6.58 Å². The van der Waals surface area contributed by atoms with Gasteiger partial charge in [0.1, 0.15) is 0 Å². The highest BCUT2D eigenvalue weighted by molar-refractivity contribution is 5.54. The highest BCUT2D eigenvalue weighted by Gasteiger charge is 2.13. The van der Waals surface area contributed by atoms with E-state index in [4.69, 9.17) is 19.9 Å². The summed E-state index contributed by atoms with van der Waals surface area (Å²) in [5.74, 6) is 1.96. The van der Waals surface area contributed by atoms with Crippen molar-refractivity contribution < 1.29 is 14.2 Å². The average Bonchev–Trinajstić information content (AvgIpc) is 2.40. The largest absolute Gasteiger partial charge is 0.493 e. The standard InChI is InChI=1S/C14H21NO3/c1-4-5-8-18-14-12(16-2)9-11(6-7-15)10-13(14)17-3/h4,9-10H,1,5-8,15H2,2-3H3. The molecule has 0 aromatic heterocycles. The van der Waals surface area contributed by atoms with Gasteiger partial charge in [0, 0.05) is 0 Å². The van der Waals surface area contributed by atoms with Gasteiger partial charge in [-0.3, -0.25) is 0 Å². The Balaban J connectivity index is 3.00. The molecule has 0 unspecified atom stereocenters. The van der Waals surface area contributed by atoms with E-state index in [1.54, 1.807) is 14.2 Å². The molecule has 0 atom stereocenters. The summed E-state index contributed by atoms with van der Waals surface area (Å²) in [6.45, 7) is 4.79. The summed E-state index contributed by atoms with van der Waals surface area (Å²) < 4.78 is 16.3. The van der Waals surface area contributed by atoms with Crippen LogP contribution in [0.2, 0.25) is 0 Å². The molecule has 18 heavy (non-hydrogen) atoms. The molecule has 0 spiro atoms. The van der Waals surface area contributed by atoms with Crippen LogP contribution in [0.5, 0.6) is 17.2 Å². The molecule has 100 valence electrons. The molecule has 2 N–H and O–H groups in total. The molecule has 0 aliphatic rings. The van der Waals surface area contributed by atoms with Gasteiger partial charge in [0.2, 0.25) is 5.75 Å². The van der Waals surface area contributed by atoms with Gasteiger partial charge < -0.3 is 19.9 Å². The summed E-state index contributed by atoms with van der Waals surface area (Å²) in [6, 6.07) is 3.86. The van der Waals surface area contributed by atoms with Crippen molar-refractivity contribution in [3.8, 4) is 17.2 Å². The first-order chi connectivity index (χ1) is 8.76. The lowest BCUT2D eigenvalue weighted by Gasteiger charge is -2.15. The Bertz CT molecular complexity index is 366. The van der Waals surface area contributed by atoms with Gasteiger partial charge in [-0.25, -0.2) is 0 Å². The topological polar surface area (TPSA) is 53.7 Å². The minimum absolute atomic E-state index is 0.548. The van der Waals surface area contributed by atoms with Crippen LogP contribution in [0.3, 0.4) is 0 Å². The quantitative estimate of drug-likeness (QED) is 0.568. The third-order valence-electron chi connectivity index (χ3n) is 2.52. The van der Waals surface area contributed by atoms with E-state index < -0.39 is 0 Å². The van der Waals surface area contributed by atoms with Crippen LogP contribution in [0.1, 0.15) is 12.0 Å². The molecule has 0 heterocycles. The lowest BCUT2D eigenvalue weighted by atomic mass is 10.1. The second-order valence-electron chi connectivity index (χ2n) is 3.79. The van der Waals surface area contributed by atoms with Crippen molar-refractivity contribution in [2.45, 2.75) is 12.8 Å². The first-order valence-corrected chi connectivity index (χ1v) is 5.95. The zero-order valence-electron chi connectivity index (χ0n) is 11.1. The van der Waals surface area contributed by atoms with Gasteiger partial charge in [0.05, 0.1) is 20.8 Å². The van der Waals surface area contributed by atoms with Crippen molar-refractivity contribution in [3.63, 3.8) is 0 Å². The van der Waals surface area contributed by atoms with Crippen molar-refractivity contribution in [2.75, 3.05) is 27.4 Å². The highest BCUT2D eigenvalue weighted by atomic mass is 16.5. The number of nitrogens with two attached hydrogens (primary N) is 1. The van der Waals surface area contributed by atoms with Gasteiger partial charge in [-0.1, -0.05) is 6.08 Å². The number of rotatable bonds is 8. The van der Waals surface area contributed by atoms with Crippen molar-refractivity contribution in [1.29, 1.82) is 0 Å². The molecule has 1 rings (SSSR count). The molecular weight excluding hydrogens is 230 g/mol. The Labute approximate surface area is 108 Å². The molecule has 4 nitrogen and oxygen atoms in total. The van der Waals surface area contributed by atoms with E-state index in [2.05, 4.69) is 6.58 Å². The molecule has 0 aliphatic heterocycles. The zero-order chi connectivity index (χ0) is 13.4. The number of hydrogen-bond donors (Lipinski definition) is 1. The smallest absolute Gasteiger partial charge is 0.203 e. The summed E-state index contributed by atoms with van der Waals surface area (Å²) in [7, 11) is 3.22. The van der Waals surface area contributed by atoms with Crippen molar-refractivity contribution in [2.24, 2.45) is 5.73 Å². The van der Waals surface area contributed by atoms with Crippen LogP contribution in [0.15, 0.2) is 24.8 Å². The van der Waals surface area contributed by atoms with Gasteiger partial charge in [-0.2, -0.15) is 0 Å². The average molecular weight is 251 g/mol. The van der Waals surface area contributed by atoms with Gasteiger partial charge in [0.15, 0.2) is 11.5 Å². The summed E-state index contributed by atoms with van der Waals surface area (Å²) in [6.07, 6.45) is 3.36. The lowest BCUT2D eigenvalue weighted by Crippen LogP contribution is -2.05. The number of ether oxygens (including phenoxy) is 3. The maximum absolute atomic E-state index is 5.67. The maximum Gasteiger partial charge on any atom is 0.203 e. The Kier molecular flexibility index (Phi) is 6.08. The zero-order valence-corrected chi connectivity index (χ0v) is 11.1. The summed E-state index contributed by atoms with van der Waals surface area (Å²) in [5, 5.41) is 0. The second kappa shape index (κ2) is 7.61. The molecule has 0 saturated heterocycles. The normalized spacial score (nSPS) is 9.94.